The van der Waals surface area contributed by atoms with Gasteiger partial charge in [0.1, 0.15) is 22.4 Å². The number of carbonyl (C=O) groups is 2. The minimum atomic E-state index is -3.94. The molecule has 39 heavy (non-hydrogen) atoms. The van der Waals surface area contributed by atoms with E-state index in [1.807, 2.05) is 20.8 Å². The lowest BCUT2D eigenvalue weighted by Gasteiger charge is -2.33. The number of anilines is 1. The standard InChI is InChI=1S/C26H39N5O7S/c1-15(2)27-26(34)28-21-8-9-22-20(10-21)11-24(33)31(17(4)14-32)12-16(3)23(37-22)13-30(7)39(35,36)25-18(5)29-38-19(25)6/h8-10,15-17,23,32H,11-14H2,1-7H3,(H2,27,28,34)/t16-,17-,23+/m1/s1. The molecule has 1 aromatic heterocycles. The zero-order valence-corrected chi connectivity index (χ0v) is 24.3. The molecule has 0 fully saturated rings. The molecule has 0 aliphatic carbocycles. The average Bonchev–Trinajstić information content (AvgIpc) is 3.21. The van der Waals surface area contributed by atoms with Crippen LogP contribution in [0.5, 0.6) is 5.75 Å². The van der Waals surface area contributed by atoms with Gasteiger partial charge in [0.15, 0.2) is 5.76 Å². The van der Waals surface area contributed by atoms with Crippen molar-refractivity contribution in [1.82, 2.24) is 19.7 Å². The van der Waals surface area contributed by atoms with Gasteiger partial charge in [-0.05, 0) is 52.8 Å². The first kappa shape index (κ1) is 30.4. The summed E-state index contributed by atoms with van der Waals surface area (Å²) in [4.78, 5) is 27.2. The molecule has 12 nitrogen and oxygen atoms in total. The van der Waals surface area contributed by atoms with Gasteiger partial charge in [0.2, 0.25) is 15.9 Å². The molecule has 0 bridgehead atoms. The van der Waals surface area contributed by atoms with Crippen molar-refractivity contribution in [1.29, 1.82) is 0 Å². The van der Waals surface area contributed by atoms with E-state index in [-0.39, 0.29) is 66.4 Å². The maximum Gasteiger partial charge on any atom is 0.319 e. The van der Waals surface area contributed by atoms with Crippen molar-refractivity contribution >= 4 is 27.6 Å². The summed E-state index contributed by atoms with van der Waals surface area (Å²) in [6.45, 7) is 10.4. The monoisotopic (exact) mass is 565 g/mol. The van der Waals surface area contributed by atoms with E-state index in [0.29, 0.717) is 17.0 Å². The molecule has 0 saturated carbocycles. The number of urea groups is 1. The summed E-state index contributed by atoms with van der Waals surface area (Å²) in [7, 11) is -2.48. The number of likely N-dealkylation sites (N-methyl/N-ethyl adjacent to an activating group) is 1. The first-order valence-electron chi connectivity index (χ1n) is 12.9. The van der Waals surface area contributed by atoms with E-state index in [1.165, 1.54) is 11.4 Å². The zero-order valence-electron chi connectivity index (χ0n) is 23.5. The molecule has 1 aromatic carbocycles. The molecule has 2 aromatic rings. The van der Waals surface area contributed by atoms with Gasteiger partial charge >= 0.3 is 6.03 Å². The number of fused-ring (bicyclic) bond motifs is 1. The lowest BCUT2D eigenvalue weighted by atomic mass is 10.0. The zero-order chi connectivity index (χ0) is 29.1. The first-order chi connectivity index (χ1) is 18.2. The van der Waals surface area contributed by atoms with Crippen molar-refractivity contribution in [2.75, 3.05) is 32.1 Å². The Kier molecular flexibility index (Phi) is 9.62. The summed E-state index contributed by atoms with van der Waals surface area (Å²) < 4.78 is 39.5. The third-order valence-electron chi connectivity index (χ3n) is 6.67. The minimum absolute atomic E-state index is 0.0146. The number of carbonyl (C=O) groups excluding carboxylic acids is 2. The Morgan fingerprint density at radius 3 is 2.56 bits per heavy atom. The average molecular weight is 566 g/mol. The molecule has 216 valence electrons. The van der Waals surface area contributed by atoms with Gasteiger partial charge in [0, 0.05) is 36.8 Å². The van der Waals surface area contributed by atoms with Crippen LogP contribution in [0.4, 0.5) is 10.5 Å². The van der Waals surface area contributed by atoms with Gasteiger partial charge in [-0.25, -0.2) is 13.2 Å². The number of nitrogens with one attached hydrogen (secondary N) is 2. The number of hydrogen-bond acceptors (Lipinski definition) is 8. The number of sulfonamides is 1. The molecule has 3 amide bonds. The molecule has 3 N–H and O–H groups in total. The normalized spacial score (nSPS) is 19.1. The summed E-state index contributed by atoms with van der Waals surface area (Å²) in [6.07, 6.45) is -0.667. The van der Waals surface area contributed by atoms with Crippen LogP contribution in [0.25, 0.3) is 0 Å². The Hall–Kier alpha value is -3.16. The molecule has 1 aliphatic heterocycles. The van der Waals surface area contributed by atoms with Gasteiger partial charge in [-0.3, -0.25) is 4.79 Å². The SMILES string of the molecule is Cc1noc(C)c1S(=O)(=O)N(C)C[C@@H]1Oc2ccc(NC(=O)NC(C)C)cc2CC(=O)N([C@H](C)CO)C[C@H]1C. The van der Waals surface area contributed by atoms with E-state index < -0.39 is 22.2 Å². The molecule has 2 heterocycles. The molecule has 13 heteroatoms. The van der Waals surface area contributed by atoms with Crippen molar-refractivity contribution in [2.45, 2.75) is 71.0 Å². The van der Waals surface area contributed by atoms with Gasteiger partial charge in [0.05, 0.1) is 25.6 Å². The second-order valence-electron chi connectivity index (χ2n) is 10.4. The van der Waals surface area contributed by atoms with E-state index in [9.17, 15) is 23.1 Å². The largest absolute Gasteiger partial charge is 0.488 e. The molecule has 1 aliphatic rings. The van der Waals surface area contributed by atoms with Crippen LogP contribution in [0.3, 0.4) is 0 Å². The summed E-state index contributed by atoms with van der Waals surface area (Å²) in [5.74, 6) is 0.0973. The third kappa shape index (κ3) is 7.08. The number of aliphatic hydroxyl groups is 1. The summed E-state index contributed by atoms with van der Waals surface area (Å²) >= 11 is 0. The number of amides is 3. The van der Waals surface area contributed by atoms with Crippen LogP contribution in [-0.2, 0) is 21.2 Å². The van der Waals surface area contributed by atoms with Gasteiger partial charge in [-0.1, -0.05) is 12.1 Å². The first-order valence-corrected chi connectivity index (χ1v) is 14.3. The van der Waals surface area contributed by atoms with Crippen molar-refractivity contribution in [3.05, 3.63) is 35.2 Å². The van der Waals surface area contributed by atoms with E-state index in [2.05, 4.69) is 15.8 Å². The molecule has 3 rings (SSSR count). The lowest BCUT2D eigenvalue weighted by molar-refractivity contribution is -0.134. The highest BCUT2D eigenvalue weighted by Crippen LogP contribution is 2.30. The van der Waals surface area contributed by atoms with Crippen LogP contribution in [-0.4, -0.2) is 84.8 Å². The predicted molar refractivity (Wildman–Crippen MR) is 145 cm³/mol. The van der Waals surface area contributed by atoms with E-state index >= 15 is 0 Å². The number of aryl methyl sites for hydroxylation is 2. The fraction of sp³-hybridized carbons (Fsp3) is 0.577. The van der Waals surface area contributed by atoms with Crippen LogP contribution in [0.1, 0.15) is 44.7 Å². The van der Waals surface area contributed by atoms with Gasteiger partial charge in [-0.15, -0.1) is 0 Å². The minimum Gasteiger partial charge on any atom is -0.488 e. The van der Waals surface area contributed by atoms with E-state index in [0.717, 1.165) is 0 Å². The summed E-state index contributed by atoms with van der Waals surface area (Å²) in [5, 5.41) is 19.1. The number of benzene rings is 1. The number of ether oxygens (including phenoxy) is 1. The van der Waals surface area contributed by atoms with E-state index in [4.69, 9.17) is 9.26 Å². The summed E-state index contributed by atoms with van der Waals surface area (Å²) in [6, 6.07) is 4.11. The second-order valence-corrected chi connectivity index (χ2v) is 12.4. The molecule has 0 unspecified atom stereocenters. The molecule has 0 radical (unpaired) electrons. The fourth-order valence-electron chi connectivity index (χ4n) is 4.50. The molecule has 0 saturated heterocycles. The molecular weight excluding hydrogens is 526 g/mol. The van der Waals surface area contributed by atoms with E-state index in [1.54, 1.807) is 43.9 Å². The van der Waals surface area contributed by atoms with Gasteiger partial charge in [-0.2, -0.15) is 4.31 Å². The maximum atomic E-state index is 13.4. The quantitative estimate of drug-likeness (QED) is 0.441. The Morgan fingerprint density at radius 2 is 1.97 bits per heavy atom. The van der Waals surface area contributed by atoms with Crippen molar-refractivity contribution in [2.24, 2.45) is 5.92 Å². The highest BCUT2D eigenvalue weighted by molar-refractivity contribution is 7.89. The Balaban J connectivity index is 1.97. The number of rotatable bonds is 8. The Morgan fingerprint density at radius 1 is 1.28 bits per heavy atom. The van der Waals surface area contributed by atoms with Crippen LogP contribution < -0.4 is 15.4 Å². The number of aromatic nitrogens is 1. The Labute approximate surface area is 229 Å². The predicted octanol–water partition coefficient (Wildman–Crippen LogP) is 2.29. The molecular formula is C26H39N5O7S. The molecule has 3 atom stereocenters. The van der Waals surface area contributed by atoms with Gasteiger partial charge < -0.3 is 29.9 Å². The van der Waals surface area contributed by atoms with Crippen LogP contribution >= 0.6 is 0 Å². The second kappa shape index (κ2) is 12.3. The Bertz CT molecular complexity index is 1270. The number of aliphatic hydroxyl groups excluding tert-OH is 1. The van der Waals surface area contributed by atoms with Crippen molar-refractivity contribution in [3.8, 4) is 5.75 Å². The topological polar surface area (TPSA) is 154 Å². The smallest absolute Gasteiger partial charge is 0.319 e. The van der Waals surface area contributed by atoms with Gasteiger partial charge in [0.25, 0.3) is 0 Å². The van der Waals surface area contributed by atoms with Crippen LogP contribution in [0.15, 0.2) is 27.6 Å². The number of hydrogen-bond donors (Lipinski definition) is 3. The van der Waals surface area contributed by atoms with Crippen molar-refractivity contribution in [3.63, 3.8) is 0 Å². The lowest BCUT2D eigenvalue weighted by Crippen LogP contribution is -2.48. The fourth-order valence-corrected chi connectivity index (χ4v) is 5.97. The highest BCUT2D eigenvalue weighted by atomic mass is 32.2. The van der Waals surface area contributed by atoms with Crippen LogP contribution in [0, 0.1) is 19.8 Å². The molecule has 0 spiro atoms. The number of nitrogens with zero attached hydrogens (tertiary/aromatic N) is 3. The van der Waals surface area contributed by atoms with Crippen molar-refractivity contribution < 1.29 is 32.4 Å². The third-order valence-corrected chi connectivity index (χ3v) is 8.74. The highest BCUT2D eigenvalue weighted by Gasteiger charge is 2.35. The maximum absolute atomic E-state index is 13.4. The van der Waals surface area contributed by atoms with Crippen LogP contribution in [0.2, 0.25) is 0 Å². The summed E-state index contributed by atoms with van der Waals surface area (Å²) in [5.41, 5.74) is 1.28.